The normalized spacial score (nSPS) is 20.7. The molecule has 0 saturated carbocycles. The summed E-state index contributed by atoms with van der Waals surface area (Å²) in [5, 5.41) is 5.03. The van der Waals surface area contributed by atoms with E-state index in [2.05, 4.69) is 50.0 Å². The van der Waals surface area contributed by atoms with E-state index in [1.54, 1.807) is 0 Å². The molecule has 1 aliphatic heterocycles. The molecule has 2 aliphatic rings. The summed E-state index contributed by atoms with van der Waals surface area (Å²) >= 11 is 1.90. The van der Waals surface area contributed by atoms with Crippen molar-refractivity contribution in [2.24, 2.45) is 11.3 Å². The average Bonchev–Trinajstić information content (AvgIpc) is 3.03. The third-order valence-electron chi connectivity index (χ3n) is 6.15. The van der Waals surface area contributed by atoms with Crippen molar-refractivity contribution in [3.05, 3.63) is 16.3 Å². The molecule has 0 amide bonds. The first-order chi connectivity index (χ1) is 14.3. The molecule has 0 unspecified atom stereocenters. The van der Waals surface area contributed by atoms with Crippen molar-refractivity contribution in [3.8, 4) is 0 Å². The average molecular weight is 432 g/mol. The van der Waals surface area contributed by atoms with Gasteiger partial charge in [-0.25, -0.2) is 9.97 Å². The van der Waals surface area contributed by atoms with Crippen LogP contribution in [0.5, 0.6) is 0 Å². The molecule has 2 aromatic heterocycles. The van der Waals surface area contributed by atoms with E-state index < -0.39 is 0 Å². The van der Waals surface area contributed by atoms with Crippen molar-refractivity contribution < 1.29 is 4.74 Å². The third kappa shape index (κ3) is 5.13. The van der Waals surface area contributed by atoms with E-state index >= 15 is 0 Å². The third-order valence-corrected chi connectivity index (χ3v) is 7.30. The zero-order valence-corrected chi connectivity index (χ0v) is 20.1. The molecule has 0 bridgehead atoms. The van der Waals surface area contributed by atoms with E-state index in [4.69, 9.17) is 14.7 Å². The zero-order valence-electron chi connectivity index (χ0n) is 19.3. The highest BCUT2D eigenvalue weighted by Gasteiger charge is 2.26. The van der Waals surface area contributed by atoms with Gasteiger partial charge in [0.25, 0.3) is 0 Å². The Balaban J connectivity index is 1.65. The van der Waals surface area contributed by atoms with Gasteiger partial charge in [-0.2, -0.15) is 0 Å². The van der Waals surface area contributed by atoms with Gasteiger partial charge in [0.2, 0.25) is 0 Å². The van der Waals surface area contributed by atoms with Crippen molar-refractivity contribution in [3.63, 3.8) is 0 Å². The maximum Gasteiger partial charge on any atom is 0.146 e. The van der Waals surface area contributed by atoms with Crippen LogP contribution in [0.3, 0.4) is 0 Å². The van der Waals surface area contributed by atoms with Crippen molar-refractivity contribution in [1.82, 2.24) is 19.8 Å². The predicted octanol–water partition coefficient (Wildman–Crippen LogP) is 3.65. The summed E-state index contributed by atoms with van der Waals surface area (Å²) in [4.78, 5) is 17.4. The van der Waals surface area contributed by atoms with Crippen LogP contribution in [0.15, 0.2) is 0 Å². The molecule has 30 heavy (non-hydrogen) atoms. The SMILES string of the molecule is C[C@@H]1CCc2c(sc3nc(CN4CCOCC4)nc(NCC(C)(C)CN(C)C)c23)C1. The monoisotopic (exact) mass is 431 g/mol. The molecule has 0 aromatic carbocycles. The van der Waals surface area contributed by atoms with Crippen LogP contribution in [0.4, 0.5) is 5.82 Å². The Morgan fingerprint density at radius 3 is 2.73 bits per heavy atom. The second-order valence-electron chi connectivity index (χ2n) is 10.2. The number of rotatable bonds is 7. The molecule has 1 saturated heterocycles. The summed E-state index contributed by atoms with van der Waals surface area (Å²) in [6.45, 7) is 13.3. The number of aryl methyl sites for hydroxylation is 1. The van der Waals surface area contributed by atoms with Crippen LogP contribution in [0.25, 0.3) is 10.2 Å². The van der Waals surface area contributed by atoms with Crippen molar-refractivity contribution in [2.75, 3.05) is 58.8 Å². The molecule has 1 fully saturated rings. The summed E-state index contributed by atoms with van der Waals surface area (Å²) in [5.74, 6) is 2.74. The van der Waals surface area contributed by atoms with Gasteiger partial charge >= 0.3 is 0 Å². The summed E-state index contributed by atoms with van der Waals surface area (Å²) < 4.78 is 5.51. The van der Waals surface area contributed by atoms with Gasteiger partial charge in [-0.1, -0.05) is 20.8 Å². The van der Waals surface area contributed by atoms with E-state index in [-0.39, 0.29) is 5.41 Å². The molecule has 6 nitrogen and oxygen atoms in total. The Morgan fingerprint density at radius 1 is 1.23 bits per heavy atom. The summed E-state index contributed by atoms with van der Waals surface area (Å²) in [5.41, 5.74) is 1.66. The quantitative estimate of drug-likeness (QED) is 0.722. The fourth-order valence-corrected chi connectivity index (χ4v) is 6.18. The van der Waals surface area contributed by atoms with E-state index in [1.807, 2.05) is 11.3 Å². The Morgan fingerprint density at radius 2 is 2.00 bits per heavy atom. The van der Waals surface area contributed by atoms with Gasteiger partial charge in [-0.3, -0.25) is 4.90 Å². The minimum Gasteiger partial charge on any atom is -0.379 e. The molecule has 7 heteroatoms. The highest BCUT2D eigenvalue weighted by atomic mass is 32.1. The largest absolute Gasteiger partial charge is 0.379 e. The first-order valence-corrected chi connectivity index (χ1v) is 12.1. The number of morpholine rings is 1. The Bertz CT molecular complexity index is 872. The number of anilines is 1. The van der Waals surface area contributed by atoms with Gasteiger partial charge in [0, 0.05) is 31.1 Å². The molecule has 0 radical (unpaired) electrons. The predicted molar refractivity (Wildman–Crippen MR) is 126 cm³/mol. The van der Waals surface area contributed by atoms with Crippen LogP contribution in [-0.2, 0) is 24.1 Å². The number of nitrogens with one attached hydrogen (secondary N) is 1. The van der Waals surface area contributed by atoms with Crippen molar-refractivity contribution in [2.45, 2.75) is 46.6 Å². The molecule has 1 aliphatic carbocycles. The van der Waals surface area contributed by atoms with E-state index in [9.17, 15) is 0 Å². The Hall–Kier alpha value is -1.28. The Labute approximate surface area is 185 Å². The molecule has 166 valence electrons. The summed E-state index contributed by atoms with van der Waals surface area (Å²) in [6.07, 6.45) is 3.60. The lowest BCUT2D eigenvalue weighted by atomic mass is 9.89. The van der Waals surface area contributed by atoms with Gasteiger partial charge in [-0.15, -0.1) is 11.3 Å². The number of ether oxygens (including phenoxy) is 1. The van der Waals surface area contributed by atoms with Gasteiger partial charge in [0.05, 0.1) is 25.1 Å². The zero-order chi connectivity index (χ0) is 21.3. The number of nitrogens with zero attached hydrogens (tertiary/aromatic N) is 4. The highest BCUT2D eigenvalue weighted by Crippen LogP contribution is 2.40. The van der Waals surface area contributed by atoms with Gasteiger partial charge < -0.3 is 15.0 Å². The van der Waals surface area contributed by atoms with E-state index in [1.165, 1.54) is 33.5 Å². The van der Waals surface area contributed by atoms with Crippen molar-refractivity contribution in [1.29, 1.82) is 0 Å². The molecular formula is C23H37N5OS. The van der Waals surface area contributed by atoms with Crippen LogP contribution < -0.4 is 5.32 Å². The number of thiophene rings is 1. The lowest BCUT2D eigenvalue weighted by molar-refractivity contribution is 0.0331. The second-order valence-corrected chi connectivity index (χ2v) is 11.2. The smallest absolute Gasteiger partial charge is 0.146 e. The molecular weight excluding hydrogens is 394 g/mol. The standard InChI is InChI=1S/C23H37N5OS/c1-16-6-7-17-18(12-16)30-22-20(17)21(24-14-23(2,3)15-27(4)5)25-19(26-22)13-28-8-10-29-11-9-28/h16H,6-15H2,1-5H3,(H,24,25,26)/t16-/m1/s1. The highest BCUT2D eigenvalue weighted by molar-refractivity contribution is 7.19. The molecule has 2 aromatic rings. The molecule has 1 N–H and O–H groups in total. The fraction of sp³-hybridized carbons (Fsp3) is 0.739. The number of hydrogen-bond donors (Lipinski definition) is 1. The second kappa shape index (κ2) is 9.07. The first-order valence-electron chi connectivity index (χ1n) is 11.3. The van der Waals surface area contributed by atoms with E-state index in [0.29, 0.717) is 0 Å². The molecule has 3 heterocycles. The van der Waals surface area contributed by atoms with Gasteiger partial charge in [0.15, 0.2) is 0 Å². The van der Waals surface area contributed by atoms with Gasteiger partial charge in [-0.05, 0) is 50.3 Å². The van der Waals surface area contributed by atoms with E-state index in [0.717, 1.165) is 69.9 Å². The lowest BCUT2D eigenvalue weighted by Crippen LogP contribution is -2.36. The van der Waals surface area contributed by atoms with Crippen LogP contribution in [0.1, 0.15) is 43.5 Å². The molecule has 1 atom stereocenters. The summed E-state index contributed by atoms with van der Waals surface area (Å²) in [6, 6.07) is 0. The van der Waals surface area contributed by atoms with Crippen LogP contribution in [-0.4, -0.2) is 73.3 Å². The van der Waals surface area contributed by atoms with Crippen LogP contribution >= 0.6 is 11.3 Å². The van der Waals surface area contributed by atoms with Crippen LogP contribution in [0, 0.1) is 11.3 Å². The number of fused-ring (bicyclic) bond motifs is 3. The fourth-order valence-electron chi connectivity index (χ4n) is 4.78. The van der Waals surface area contributed by atoms with Gasteiger partial charge in [0.1, 0.15) is 16.5 Å². The Kier molecular flexibility index (Phi) is 6.63. The van der Waals surface area contributed by atoms with Crippen molar-refractivity contribution >= 4 is 27.4 Å². The van der Waals surface area contributed by atoms with Crippen LogP contribution in [0.2, 0.25) is 0 Å². The summed E-state index contributed by atoms with van der Waals surface area (Å²) in [7, 11) is 4.28. The topological polar surface area (TPSA) is 53.5 Å². The lowest BCUT2D eigenvalue weighted by Gasteiger charge is -2.29. The maximum absolute atomic E-state index is 5.51. The molecule has 0 spiro atoms. The number of hydrogen-bond acceptors (Lipinski definition) is 7. The minimum absolute atomic E-state index is 0.162. The maximum atomic E-state index is 5.51. The first kappa shape index (κ1) is 21.9. The molecule has 4 rings (SSSR count). The number of aromatic nitrogens is 2. The minimum atomic E-state index is 0.162.